The highest BCUT2D eigenvalue weighted by molar-refractivity contribution is 7.09. The first-order valence-corrected chi connectivity index (χ1v) is 6.93. The molecule has 0 bridgehead atoms. The summed E-state index contributed by atoms with van der Waals surface area (Å²) in [7, 11) is 5.29. The van der Waals surface area contributed by atoms with Gasteiger partial charge in [-0.05, 0) is 13.1 Å². The number of methoxy groups -OCH3 is 2. The van der Waals surface area contributed by atoms with Crippen molar-refractivity contribution < 1.29 is 9.47 Å². The Hall–Kier alpha value is -1.59. The van der Waals surface area contributed by atoms with Gasteiger partial charge in [0.1, 0.15) is 11.5 Å². The Morgan fingerprint density at radius 3 is 2.74 bits per heavy atom. The highest BCUT2D eigenvalue weighted by Gasteiger charge is 2.16. The molecular weight excluding hydrogens is 260 g/mol. The molecule has 2 rings (SSSR count). The number of benzene rings is 1. The lowest BCUT2D eigenvalue weighted by atomic mass is 10.0. The van der Waals surface area contributed by atoms with E-state index in [4.69, 9.17) is 9.47 Å². The van der Waals surface area contributed by atoms with Crippen molar-refractivity contribution in [2.75, 3.05) is 21.3 Å². The quantitative estimate of drug-likeness (QED) is 0.882. The van der Waals surface area contributed by atoms with Crippen LogP contribution in [0.3, 0.4) is 0 Å². The molecule has 0 radical (unpaired) electrons. The maximum absolute atomic E-state index is 5.46. The average molecular weight is 278 g/mol. The minimum atomic E-state index is 0.196. The molecule has 2 aromatic rings. The van der Waals surface area contributed by atoms with E-state index >= 15 is 0 Å². The van der Waals surface area contributed by atoms with Crippen molar-refractivity contribution in [3.8, 4) is 11.5 Å². The van der Waals surface area contributed by atoms with Gasteiger partial charge in [-0.1, -0.05) is 6.07 Å². The molecule has 1 N–H and O–H groups in total. The number of nitrogens with zero attached hydrogens (tertiary/aromatic N) is 1. The van der Waals surface area contributed by atoms with Crippen LogP contribution in [0.2, 0.25) is 0 Å². The molecule has 1 unspecified atom stereocenters. The molecule has 0 aliphatic heterocycles. The van der Waals surface area contributed by atoms with E-state index in [0.29, 0.717) is 0 Å². The van der Waals surface area contributed by atoms with Crippen molar-refractivity contribution in [1.82, 2.24) is 10.3 Å². The molecule has 0 saturated carbocycles. The molecule has 0 fully saturated rings. The minimum Gasteiger partial charge on any atom is -0.497 e. The summed E-state index contributed by atoms with van der Waals surface area (Å²) in [6.07, 6.45) is 2.80. The monoisotopic (exact) mass is 278 g/mol. The van der Waals surface area contributed by atoms with Crippen molar-refractivity contribution in [1.29, 1.82) is 0 Å². The molecule has 1 aromatic heterocycles. The van der Waals surface area contributed by atoms with Crippen molar-refractivity contribution in [2.45, 2.75) is 12.5 Å². The standard InChI is InChI=1S/C14H18N2O2S/c1-15-13(7-11-8-16-9-19-11)12-5-4-10(17-2)6-14(12)18-3/h4-6,8-9,13,15H,7H2,1-3H3. The molecule has 0 aliphatic rings. The zero-order chi connectivity index (χ0) is 13.7. The van der Waals surface area contributed by atoms with Gasteiger partial charge in [0.25, 0.3) is 0 Å². The molecule has 5 heteroatoms. The second kappa shape index (κ2) is 6.54. The number of ether oxygens (including phenoxy) is 2. The first-order chi connectivity index (χ1) is 9.28. The Morgan fingerprint density at radius 2 is 2.16 bits per heavy atom. The number of hydrogen-bond donors (Lipinski definition) is 1. The highest BCUT2D eigenvalue weighted by atomic mass is 32.1. The van der Waals surface area contributed by atoms with E-state index in [1.807, 2.05) is 37.0 Å². The van der Waals surface area contributed by atoms with Crippen molar-refractivity contribution in [3.05, 3.63) is 40.3 Å². The first-order valence-electron chi connectivity index (χ1n) is 6.05. The topological polar surface area (TPSA) is 43.4 Å². The third kappa shape index (κ3) is 3.24. The maximum atomic E-state index is 5.46. The highest BCUT2D eigenvalue weighted by Crippen LogP contribution is 2.31. The average Bonchev–Trinajstić information content (AvgIpc) is 2.97. The molecule has 0 saturated heterocycles. The number of aromatic nitrogens is 1. The van der Waals surface area contributed by atoms with Gasteiger partial charge in [-0.3, -0.25) is 4.98 Å². The van der Waals surface area contributed by atoms with Gasteiger partial charge in [0.15, 0.2) is 0 Å². The lowest BCUT2D eigenvalue weighted by molar-refractivity contribution is 0.385. The fourth-order valence-corrected chi connectivity index (χ4v) is 2.66. The molecule has 1 heterocycles. The van der Waals surface area contributed by atoms with E-state index < -0.39 is 0 Å². The third-order valence-electron chi connectivity index (χ3n) is 3.05. The Morgan fingerprint density at radius 1 is 1.32 bits per heavy atom. The molecule has 19 heavy (non-hydrogen) atoms. The molecular formula is C14H18N2O2S. The van der Waals surface area contributed by atoms with Crippen LogP contribution in [0.15, 0.2) is 29.9 Å². The molecule has 102 valence electrons. The van der Waals surface area contributed by atoms with Gasteiger partial charge in [0.05, 0.1) is 19.7 Å². The second-order valence-corrected chi connectivity index (χ2v) is 5.09. The van der Waals surface area contributed by atoms with Gasteiger partial charge in [0, 0.05) is 35.2 Å². The van der Waals surface area contributed by atoms with E-state index in [1.54, 1.807) is 25.6 Å². The summed E-state index contributed by atoms with van der Waals surface area (Å²) in [5, 5.41) is 3.33. The molecule has 0 spiro atoms. The summed E-state index contributed by atoms with van der Waals surface area (Å²) in [6, 6.07) is 6.10. The summed E-state index contributed by atoms with van der Waals surface area (Å²) in [4.78, 5) is 5.36. The SMILES string of the molecule is CNC(Cc1cncs1)c1ccc(OC)cc1OC. The van der Waals surface area contributed by atoms with Crippen LogP contribution in [-0.2, 0) is 6.42 Å². The fraction of sp³-hybridized carbons (Fsp3) is 0.357. The predicted octanol–water partition coefficient (Wildman–Crippen LogP) is 2.66. The number of likely N-dealkylation sites (N-methyl/N-ethyl adjacent to an activating group) is 1. The lowest BCUT2D eigenvalue weighted by Crippen LogP contribution is -2.19. The molecule has 1 aromatic carbocycles. The van der Waals surface area contributed by atoms with Crippen LogP contribution in [0.1, 0.15) is 16.5 Å². The zero-order valence-electron chi connectivity index (χ0n) is 11.3. The lowest BCUT2D eigenvalue weighted by Gasteiger charge is -2.19. The van der Waals surface area contributed by atoms with Crippen LogP contribution in [0.4, 0.5) is 0 Å². The summed E-state index contributed by atoms with van der Waals surface area (Å²) >= 11 is 1.67. The Kier molecular flexibility index (Phi) is 4.76. The van der Waals surface area contributed by atoms with Crippen LogP contribution < -0.4 is 14.8 Å². The second-order valence-electron chi connectivity index (χ2n) is 4.12. The van der Waals surface area contributed by atoms with E-state index in [-0.39, 0.29) is 6.04 Å². The molecule has 4 nitrogen and oxygen atoms in total. The van der Waals surface area contributed by atoms with Crippen LogP contribution in [0, 0.1) is 0 Å². The summed E-state index contributed by atoms with van der Waals surface area (Å²) in [5.41, 5.74) is 2.98. The summed E-state index contributed by atoms with van der Waals surface area (Å²) in [5.74, 6) is 1.64. The fourth-order valence-electron chi connectivity index (χ4n) is 2.02. The normalized spacial score (nSPS) is 12.2. The Balaban J connectivity index is 2.26. The van der Waals surface area contributed by atoms with Crippen molar-refractivity contribution in [3.63, 3.8) is 0 Å². The van der Waals surface area contributed by atoms with E-state index in [1.165, 1.54) is 4.88 Å². The Labute approximate surface area is 117 Å². The number of nitrogens with one attached hydrogen (secondary N) is 1. The Bertz CT molecular complexity index is 514. The molecule has 0 aliphatic carbocycles. The summed E-state index contributed by atoms with van der Waals surface area (Å²) in [6.45, 7) is 0. The van der Waals surface area contributed by atoms with Crippen LogP contribution in [0.25, 0.3) is 0 Å². The van der Waals surface area contributed by atoms with Gasteiger partial charge in [-0.2, -0.15) is 0 Å². The number of thiazole rings is 1. The van der Waals surface area contributed by atoms with Gasteiger partial charge >= 0.3 is 0 Å². The van der Waals surface area contributed by atoms with E-state index in [9.17, 15) is 0 Å². The van der Waals surface area contributed by atoms with E-state index in [0.717, 1.165) is 23.5 Å². The van der Waals surface area contributed by atoms with Gasteiger partial charge in [0.2, 0.25) is 0 Å². The molecule has 1 atom stereocenters. The largest absolute Gasteiger partial charge is 0.497 e. The maximum Gasteiger partial charge on any atom is 0.127 e. The van der Waals surface area contributed by atoms with Gasteiger partial charge in [-0.15, -0.1) is 11.3 Å². The van der Waals surface area contributed by atoms with Crippen molar-refractivity contribution in [2.24, 2.45) is 0 Å². The van der Waals surface area contributed by atoms with Gasteiger partial charge in [-0.25, -0.2) is 0 Å². The van der Waals surface area contributed by atoms with Crippen LogP contribution in [0.5, 0.6) is 11.5 Å². The van der Waals surface area contributed by atoms with Crippen LogP contribution in [-0.4, -0.2) is 26.3 Å². The van der Waals surface area contributed by atoms with Crippen LogP contribution >= 0.6 is 11.3 Å². The smallest absolute Gasteiger partial charge is 0.127 e. The third-order valence-corrected chi connectivity index (χ3v) is 3.86. The number of rotatable bonds is 6. The zero-order valence-corrected chi connectivity index (χ0v) is 12.2. The van der Waals surface area contributed by atoms with E-state index in [2.05, 4.69) is 10.3 Å². The molecule has 0 amide bonds. The van der Waals surface area contributed by atoms with Gasteiger partial charge < -0.3 is 14.8 Å². The first kappa shape index (κ1) is 13.8. The van der Waals surface area contributed by atoms with Crippen molar-refractivity contribution >= 4 is 11.3 Å². The predicted molar refractivity (Wildman–Crippen MR) is 77.2 cm³/mol. The number of hydrogen-bond acceptors (Lipinski definition) is 5. The minimum absolute atomic E-state index is 0.196. The summed E-state index contributed by atoms with van der Waals surface area (Å²) < 4.78 is 10.7.